The Bertz CT molecular complexity index is 322. The number of benzene rings is 1. The van der Waals surface area contributed by atoms with Crippen molar-refractivity contribution in [2.45, 2.75) is 44.6 Å². The van der Waals surface area contributed by atoms with E-state index in [0.29, 0.717) is 12.0 Å². The molecule has 1 aromatic carbocycles. The maximum Gasteiger partial charge on any atom is 0.0282 e. The van der Waals surface area contributed by atoms with Gasteiger partial charge in [0.2, 0.25) is 0 Å². The van der Waals surface area contributed by atoms with E-state index in [1.807, 2.05) is 0 Å². The third-order valence-corrected chi connectivity index (χ3v) is 3.46. The zero-order chi connectivity index (χ0) is 10.7. The topological polar surface area (TPSA) is 38.0 Å². The van der Waals surface area contributed by atoms with Gasteiger partial charge in [0.25, 0.3) is 0 Å². The molecule has 0 spiro atoms. The summed E-state index contributed by atoms with van der Waals surface area (Å²) in [5.41, 5.74) is 5.98. The molecule has 2 unspecified atom stereocenters. The second-order valence-corrected chi connectivity index (χ2v) is 4.42. The van der Waals surface area contributed by atoms with Crippen LogP contribution in [0.4, 0.5) is 0 Å². The molecule has 0 aromatic heterocycles. The number of hydrogen-bond donors (Lipinski definition) is 2. The zero-order valence-electron chi connectivity index (χ0n) is 9.37. The number of hydrazine groups is 1. The highest BCUT2D eigenvalue weighted by atomic mass is 15.2. The van der Waals surface area contributed by atoms with Crippen molar-refractivity contribution in [3.63, 3.8) is 0 Å². The molecule has 2 nitrogen and oxygen atoms in total. The van der Waals surface area contributed by atoms with Crippen molar-refractivity contribution in [3.8, 4) is 0 Å². The predicted octanol–water partition coefficient (Wildman–Crippen LogP) is 2.35. The van der Waals surface area contributed by atoms with Gasteiger partial charge in [-0.2, -0.15) is 0 Å². The van der Waals surface area contributed by atoms with Gasteiger partial charge in [0, 0.05) is 12.0 Å². The number of rotatable bonds is 5. The van der Waals surface area contributed by atoms with Crippen LogP contribution in [0, 0.1) is 0 Å². The van der Waals surface area contributed by atoms with Gasteiger partial charge in [0.1, 0.15) is 0 Å². The molecular weight excluding hydrogens is 184 g/mol. The van der Waals surface area contributed by atoms with E-state index in [4.69, 9.17) is 5.84 Å². The lowest BCUT2D eigenvalue weighted by Gasteiger charge is -2.36. The van der Waals surface area contributed by atoms with Crippen LogP contribution in [0.1, 0.15) is 43.2 Å². The summed E-state index contributed by atoms with van der Waals surface area (Å²) >= 11 is 0. The Labute approximate surface area is 91.8 Å². The van der Waals surface area contributed by atoms with Crippen molar-refractivity contribution in [3.05, 3.63) is 35.4 Å². The molecule has 15 heavy (non-hydrogen) atoms. The van der Waals surface area contributed by atoms with Crippen LogP contribution in [0.15, 0.2) is 24.3 Å². The van der Waals surface area contributed by atoms with Crippen molar-refractivity contribution in [2.75, 3.05) is 0 Å². The number of fused-ring (bicyclic) bond motifs is 1. The smallest absolute Gasteiger partial charge is 0.0282 e. The standard InChI is InChI=1S/C13H20N2/c1-2-3-8-13(15-14)12-9-10-6-4-5-7-11(10)12/h4-7,12-13,15H,2-3,8-9,14H2,1H3. The lowest BCUT2D eigenvalue weighted by molar-refractivity contribution is 0.376. The Morgan fingerprint density at radius 1 is 1.47 bits per heavy atom. The van der Waals surface area contributed by atoms with Crippen LogP contribution < -0.4 is 11.3 Å². The summed E-state index contributed by atoms with van der Waals surface area (Å²) in [6.45, 7) is 2.22. The van der Waals surface area contributed by atoms with E-state index in [0.717, 1.165) is 0 Å². The second-order valence-electron chi connectivity index (χ2n) is 4.42. The SMILES string of the molecule is CCCCC(NN)C1Cc2ccccc21. The van der Waals surface area contributed by atoms with Gasteiger partial charge >= 0.3 is 0 Å². The van der Waals surface area contributed by atoms with Gasteiger partial charge in [-0.25, -0.2) is 0 Å². The van der Waals surface area contributed by atoms with Crippen molar-refractivity contribution in [1.82, 2.24) is 5.43 Å². The average Bonchev–Trinajstić information content (AvgIpc) is 2.24. The third kappa shape index (κ3) is 2.06. The fraction of sp³-hybridized carbons (Fsp3) is 0.538. The summed E-state index contributed by atoms with van der Waals surface area (Å²) < 4.78 is 0. The minimum atomic E-state index is 0.458. The first kappa shape index (κ1) is 10.7. The van der Waals surface area contributed by atoms with Crippen molar-refractivity contribution >= 4 is 0 Å². The molecule has 1 aromatic rings. The molecule has 0 saturated heterocycles. The molecule has 0 saturated carbocycles. The van der Waals surface area contributed by atoms with E-state index in [1.165, 1.54) is 36.8 Å². The van der Waals surface area contributed by atoms with Gasteiger partial charge in [-0.05, 0) is 24.0 Å². The van der Waals surface area contributed by atoms with Gasteiger partial charge in [-0.1, -0.05) is 44.0 Å². The molecule has 0 fully saturated rings. The van der Waals surface area contributed by atoms with E-state index < -0.39 is 0 Å². The molecule has 2 heteroatoms. The summed E-state index contributed by atoms with van der Waals surface area (Å²) in [5.74, 6) is 6.27. The van der Waals surface area contributed by atoms with E-state index >= 15 is 0 Å². The maximum atomic E-state index is 5.63. The van der Waals surface area contributed by atoms with Crippen molar-refractivity contribution in [2.24, 2.45) is 5.84 Å². The zero-order valence-corrected chi connectivity index (χ0v) is 9.37. The Balaban J connectivity index is 2.01. The van der Waals surface area contributed by atoms with Crippen LogP contribution in [0.5, 0.6) is 0 Å². The fourth-order valence-corrected chi connectivity index (χ4v) is 2.48. The summed E-state index contributed by atoms with van der Waals surface area (Å²) in [7, 11) is 0. The maximum absolute atomic E-state index is 5.63. The minimum absolute atomic E-state index is 0.458. The van der Waals surface area contributed by atoms with Gasteiger partial charge in [0.05, 0.1) is 0 Å². The average molecular weight is 204 g/mol. The first-order valence-electron chi connectivity index (χ1n) is 5.90. The molecule has 3 N–H and O–H groups in total. The Hall–Kier alpha value is -0.860. The molecule has 0 heterocycles. The molecule has 0 aliphatic heterocycles. The Morgan fingerprint density at radius 3 is 2.93 bits per heavy atom. The quantitative estimate of drug-likeness (QED) is 0.570. The van der Waals surface area contributed by atoms with Gasteiger partial charge in [0.15, 0.2) is 0 Å². The van der Waals surface area contributed by atoms with Crippen molar-refractivity contribution < 1.29 is 0 Å². The highest BCUT2D eigenvalue weighted by Crippen LogP contribution is 2.38. The Kier molecular flexibility index (Phi) is 3.39. The predicted molar refractivity (Wildman–Crippen MR) is 63.5 cm³/mol. The number of nitrogens with two attached hydrogens (primary N) is 1. The van der Waals surface area contributed by atoms with Crippen LogP contribution in [0.3, 0.4) is 0 Å². The van der Waals surface area contributed by atoms with Crippen LogP contribution >= 0.6 is 0 Å². The number of unbranched alkanes of at least 4 members (excludes halogenated alkanes) is 1. The lowest BCUT2D eigenvalue weighted by Crippen LogP contribution is -2.43. The number of nitrogens with one attached hydrogen (secondary N) is 1. The molecule has 82 valence electrons. The van der Waals surface area contributed by atoms with Crippen LogP contribution in [-0.2, 0) is 6.42 Å². The first-order chi connectivity index (χ1) is 7.36. The lowest BCUT2D eigenvalue weighted by atomic mass is 9.72. The first-order valence-corrected chi connectivity index (χ1v) is 5.90. The molecule has 1 aliphatic carbocycles. The Morgan fingerprint density at radius 2 is 2.27 bits per heavy atom. The molecule has 2 atom stereocenters. The van der Waals surface area contributed by atoms with Gasteiger partial charge in [-0.15, -0.1) is 0 Å². The fourth-order valence-electron chi connectivity index (χ4n) is 2.48. The summed E-state index contributed by atoms with van der Waals surface area (Å²) in [5, 5.41) is 0. The van der Waals surface area contributed by atoms with Gasteiger partial charge < -0.3 is 0 Å². The monoisotopic (exact) mass is 204 g/mol. The normalized spacial score (nSPS) is 20.5. The molecule has 2 rings (SSSR count). The molecule has 0 radical (unpaired) electrons. The molecular formula is C13H20N2. The largest absolute Gasteiger partial charge is 0.271 e. The summed E-state index contributed by atoms with van der Waals surface area (Å²) in [6, 6.07) is 9.16. The van der Waals surface area contributed by atoms with Crippen LogP contribution in [-0.4, -0.2) is 6.04 Å². The van der Waals surface area contributed by atoms with Crippen LogP contribution in [0.2, 0.25) is 0 Å². The van der Waals surface area contributed by atoms with Crippen LogP contribution in [0.25, 0.3) is 0 Å². The molecule has 0 bridgehead atoms. The highest BCUT2D eigenvalue weighted by Gasteiger charge is 2.31. The second kappa shape index (κ2) is 4.77. The molecule has 0 amide bonds. The van der Waals surface area contributed by atoms with Gasteiger partial charge in [-0.3, -0.25) is 11.3 Å². The van der Waals surface area contributed by atoms with E-state index in [9.17, 15) is 0 Å². The van der Waals surface area contributed by atoms with E-state index in [-0.39, 0.29) is 0 Å². The third-order valence-electron chi connectivity index (χ3n) is 3.46. The highest BCUT2D eigenvalue weighted by molar-refractivity contribution is 5.41. The minimum Gasteiger partial charge on any atom is -0.271 e. The number of hydrogen-bond acceptors (Lipinski definition) is 2. The molecule has 1 aliphatic rings. The van der Waals surface area contributed by atoms with E-state index in [2.05, 4.69) is 36.6 Å². The summed E-state index contributed by atoms with van der Waals surface area (Å²) in [6.07, 6.45) is 4.88. The van der Waals surface area contributed by atoms with E-state index in [1.54, 1.807) is 0 Å². The van der Waals surface area contributed by atoms with Crippen molar-refractivity contribution in [1.29, 1.82) is 0 Å². The summed E-state index contributed by atoms with van der Waals surface area (Å²) in [4.78, 5) is 0.